The van der Waals surface area contributed by atoms with Gasteiger partial charge in [-0.15, -0.1) is 0 Å². The molecule has 7 nitrogen and oxygen atoms in total. The van der Waals surface area contributed by atoms with Gasteiger partial charge in [-0.25, -0.2) is 9.78 Å². The number of carbonyl (C=O) groups excluding carboxylic acids is 1. The maximum atomic E-state index is 12.6. The summed E-state index contributed by atoms with van der Waals surface area (Å²) in [6, 6.07) is 10.9. The monoisotopic (exact) mass is 353 g/mol. The van der Waals surface area contributed by atoms with Gasteiger partial charge in [-0.3, -0.25) is 9.36 Å². The van der Waals surface area contributed by atoms with Crippen molar-refractivity contribution >= 4 is 17.0 Å². The first kappa shape index (κ1) is 16.4. The first-order valence-electron chi connectivity index (χ1n) is 8.55. The van der Waals surface area contributed by atoms with E-state index in [-0.39, 0.29) is 18.6 Å². The van der Waals surface area contributed by atoms with Gasteiger partial charge in [0.25, 0.3) is 0 Å². The zero-order valence-corrected chi connectivity index (χ0v) is 14.4. The molecule has 1 aliphatic rings. The number of aryl methyl sites for hydroxylation is 1. The Bertz CT molecular complexity index is 990. The summed E-state index contributed by atoms with van der Waals surface area (Å²) in [6.45, 7) is 3.01. The van der Waals surface area contributed by atoms with Crippen molar-refractivity contribution in [1.82, 2.24) is 14.5 Å². The second kappa shape index (κ2) is 6.67. The van der Waals surface area contributed by atoms with E-state index in [1.54, 1.807) is 29.3 Å². The van der Waals surface area contributed by atoms with Crippen molar-refractivity contribution in [2.24, 2.45) is 0 Å². The summed E-state index contributed by atoms with van der Waals surface area (Å²) >= 11 is 0. The van der Waals surface area contributed by atoms with E-state index in [0.717, 1.165) is 12.0 Å². The molecule has 4 rings (SSSR count). The lowest BCUT2D eigenvalue weighted by molar-refractivity contribution is -0.131. The van der Waals surface area contributed by atoms with Crippen molar-refractivity contribution in [3.8, 4) is 5.88 Å². The van der Waals surface area contributed by atoms with Gasteiger partial charge in [0.2, 0.25) is 11.8 Å². The van der Waals surface area contributed by atoms with Crippen LogP contribution in [-0.4, -0.2) is 39.6 Å². The number of nitrogens with zero attached hydrogens (tertiary/aromatic N) is 3. The second-order valence-corrected chi connectivity index (χ2v) is 6.46. The third-order valence-electron chi connectivity index (χ3n) is 4.54. The lowest BCUT2D eigenvalue weighted by Crippen LogP contribution is -2.35. The van der Waals surface area contributed by atoms with Gasteiger partial charge in [-0.1, -0.05) is 18.2 Å². The third-order valence-corrected chi connectivity index (χ3v) is 4.54. The van der Waals surface area contributed by atoms with Crippen LogP contribution in [0.2, 0.25) is 0 Å². The van der Waals surface area contributed by atoms with Crippen molar-refractivity contribution in [3.63, 3.8) is 0 Å². The highest BCUT2D eigenvalue weighted by Crippen LogP contribution is 2.18. The molecule has 7 heteroatoms. The SMILES string of the molecule is Cc1ccc(OC2CCN(C(=O)Cn3c(=O)oc4ccccc43)C2)nc1. The van der Waals surface area contributed by atoms with E-state index in [4.69, 9.17) is 9.15 Å². The summed E-state index contributed by atoms with van der Waals surface area (Å²) in [4.78, 5) is 30.6. The van der Waals surface area contributed by atoms with E-state index in [1.807, 2.05) is 25.1 Å². The minimum atomic E-state index is -0.518. The summed E-state index contributed by atoms with van der Waals surface area (Å²) < 4.78 is 12.4. The summed E-state index contributed by atoms with van der Waals surface area (Å²) in [5, 5.41) is 0. The molecule has 1 aromatic carbocycles. The predicted octanol–water partition coefficient (Wildman–Crippen LogP) is 1.98. The topological polar surface area (TPSA) is 77.6 Å². The largest absolute Gasteiger partial charge is 0.472 e. The van der Waals surface area contributed by atoms with Crippen LogP contribution in [0.3, 0.4) is 0 Å². The summed E-state index contributed by atoms with van der Waals surface area (Å²) in [6.07, 6.45) is 2.40. The number of benzene rings is 1. The summed E-state index contributed by atoms with van der Waals surface area (Å²) in [5.74, 6) is -0.0797. The number of para-hydroxylation sites is 2. The van der Waals surface area contributed by atoms with Crippen LogP contribution in [0.4, 0.5) is 0 Å². The van der Waals surface area contributed by atoms with Gasteiger partial charge in [0.15, 0.2) is 5.58 Å². The molecule has 2 aromatic heterocycles. The number of hydrogen-bond acceptors (Lipinski definition) is 5. The van der Waals surface area contributed by atoms with Crippen molar-refractivity contribution in [3.05, 3.63) is 58.7 Å². The maximum Gasteiger partial charge on any atom is 0.420 e. The zero-order chi connectivity index (χ0) is 18.1. The van der Waals surface area contributed by atoms with Gasteiger partial charge in [0.1, 0.15) is 12.6 Å². The first-order chi connectivity index (χ1) is 12.6. The fourth-order valence-corrected chi connectivity index (χ4v) is 3.14. The van der Waals surface area contributed by atoms with Gasteiger partial charge in [-0.05, 0) is 24.6 Å². The van der Waals surface area contributed by atoms with Crippen LogP contribution in [0.25, 0.3) is 11.1 Å². The van der Waals surface area contributed by atoms with Crippen molar-refractivity contribution in [1.29, 1.82) is 0 Å². The molecule has 1 saturated heterocycles. The number of fused-ring (bicyclic) bond motifs is 1. The Morgan fingerprint density at radius 1 is 1.31 bits per heavy atom. The molecule has 0 N–H and O–H groups in total. The molecule has 134 valence electrons. The Kier molecular flexibility index (Phi) is 4.20. The van der Waals surface area contributed by atoms with E-state index in [9.17, 15) is 9.59 Å². The molecule has 1 fully saturated rings. The van der Waals surface area contributed by atoms with Gasteiger partial charge in [-0.2, -0.15) is 0 Å². The fraction of sp³-hybridized carbons (Fsp3) is 0.316. The third kappa shape index (κ3) is 3.20. The van der Waals surface area contributed by atoms with Gasteiger partial charge in [0, 0.05) is 25.2 Å². The normalized spacial score (nSPS) is 17.0. The maximum absolute atomic E-state index is 12.6. The van der Waals surface area contributed by atoms with Gasteiger partial charge < -0.3 is 14.1 Å². The number of likely N-dealkylation sites (tertiary alicyclic amines) is 1. The van der Waals surface area contributed by atoms with Crippen LogP contribution < -0.4 is 10.5 Å². The van der Waals surface area contributed by atoms with Crippen LogP contribution >= 0.6 is 0 Å². The molecule has 1 atom stereocenters. The Balaban J connectivity index is 1.42. The summed E-state index contributed by atoms with van der Waals surface area (Å²) in [7, 11) is 0. The standard InChI is InChI=1S/C19H19N3O4/c1-13-6-7-17(20-10-13)25-14-8-9-21(11-14)18(23)12-22-15-4-2-3-5-16(15)26-19(22)24/h2-7,10,14H,8-9,11-12H2,1H3. The molecule has 0 spiro atoms. The highest BCUT2D eigenvalue weighted by molar-refractivity contribution is 5.79. The quantitative estimate of drug-likeness (QED) is 0.717. The fourth-order valence-electron chi connectivity index (χ4n) is 3.14. The van der Waals surface area contributed by atoms with Crippen molar-refractivity contribution < 1.29 is 13.9 Å². The van der Waals surface area contributed by atoms with Crippen LogP contribution in [0, 0.1) is 6.92 Å². The van der Waals surface area contributed by atoms with E-state index in [1.165, 1.54) is 4.57 Å². The molecular weight excluding hydrogens is 334 g/mol. The number of pyridine rings is 1. The Hall–Kier alpha value is -3.09. The highest BCUT2D eigenvalue weighted by Gasteiger charge is 2.28. The number of oxazole rings is 1. The van der Waals surface area contributed by atoms with Gasteiger partial charge in [0.05, 0.1) is 12.1 Å². The molecule has 1 unspecified atom stereocenters. The minimum Gasteiger partial charge on any atom is -0.472 e. The zero-order valence-electron chi connectivity index (χ0n) is 14.4. The van der Waals surface area contributed by atoms with Crippen LogP contribution in [0.1, 0.15) is 12.0 Å². The lowest BCUT2D eigenvalue weighted by atomic mass is 10.3. The smallest absolute Gasteiger partial charge is 0.420 e. The molecular formula is C19H19N3O4. The Morgan fingerprint density at radius 2 is 2.15 bits per heavy atom. The summed E-state index contributed by atoms with van der Waals surface area (Å²) in [5.41, 5.74) is 2.18. The lowest BCUT2D eigenvalue weighted by Gasteiger charge is -2.17. The number of rotatable bonds is 4. The van der Waals surface area contributed by atoms with Crippen LogP contribution in [0.5, 0.6) is 5.88 Å². The predicted molar refractivity (Wildman–Crippen MR) is 95.1 cm³/mol. The molecule has 0 radical (unpaired) electrons. The average molecular weight is 353 g/mol. The second-order valence-electron chi connectivity index (χ2n) is 6.46. The average Bonchev–Trinajstić information content (AvgIpc) is 3.22. The van der Waals surface area contributed by atoms with E-state index < -0.39 is 5.76 Å². The molecule has 26 heavy (non-hydrogen) atoms. The number of ether oxygens (including phenoxy) is 1. The first-order valence-corrected chi connectivity index (χ1v) is 8.55. The Morgan fingerprint density at radius 3 is 2.96 bits per heavy atom. The molecule has 0 bridgehead atoms. The molecule has 3 aromatic rings. The number of hydrogen-bond donors (Lipinski definition) is 0. The number of carbonyl (C=O) groups is 1. The minimum absolute atomic E-state index is 0.0364. The van der Waals surface area contributed by atoms with E-state index in [2.05, 4.69) is 4.98 Å². The van der Waals surface area contributed by atoms with Crippen molar-refractivity contribution in [2.75, 3.05) is 13.1 Å². The number of aromatic nitrogens is 2. The molecule has 0 saturated carbocycles. The van der Waals surface area contributed by atoms with Gasteiger partial charge >= 0.3 is 5.76 Å². The number of amides is 1. The molecule has 3 heterocycles. The van der Waals surface area contributed by atoms with E-state index >= 15 is 0 Å². The Labute approximate surface area is 149 Å². The highest BCUT2D eigenvalue weighted by atomic mass is 16.5. The van der Waals surface area contributed by atoms with E-state index in [0.29, 0.717) is 30.1 Å². The molecule has 1 aliphatic heterocycles. The van der Waals surface area contributed by atoms with Crippen molar-refractivity contribution in [2.45, 2.75) is 26.0 Å². The molecule has 1 amide bonds. The molecule has 0 aliphatic carbocycles. The van der Waals surface area contributed by atoms with Crippen LogP contribution in [0.15, 0.2) is 51.8 Å². The van der Waals surface area contributed by atoms with Crippen LogP contribution in [-0.2, 0) is 11.3 Å².